The van der Waals surface area contributed by atoms with Crippen molar-refractivity contribution in [2.24, 2.45) is 0 Å². The van der Waals surface area contributed by atoms with Crippen molar-refractivity contribution >= 4 is 65.8 Å². The first-order valence-corrected chi connectivity index (χ1v) is 44.9. The van der Waals surface area contributed by atoms with E-state index in [0.29, 0.717) is 0 Å². The SMILES string of the molecule is [Ir+3].[c-]1ccc2c(oc3ccccc32)c1-c1cc(-c2ccc3c(c2)-c2ccccc2C3(c2ccccc2)c2ccccc2)ccn1.[c-]1ccc2c(oc3ccccc32)c1-c1cc(-c2ccc3c(c2)-c2ccccc2C3(c2ccccc2)c2ccccc2)ccn1.[c-]1ccc2c(oc3ccccc32)c1-c1cc(-c2ccc3c(c2)-c2ccccc2C3(c2ccccc2)c2ccccc2)ccn1. The Hall–Kier alpha value is -16.5. The molecule has 6 aromatic heterocycles. The van der Waals surface area contributed by atoms with Crippen molar-refractivity contribution in [1.29, 1.82) is 0 Å². The predicted molar refractivity (Wildman–Crippen MR) is 536 cm³/mol. The molecule has 0 spiro atoms. The second-order valence-corrected chi connectivity index (χ2v) is 34.2. The van der Waals surface area contributed by atoms with Crippen molar-refractivity contribution < 1.29 is 33.4 Å². The number of fused-ring (bicyclic) bond motifs is 18. The van der Waals surface area contributed by atoms with Crippen LogP contribution in [0, 0.1) is 18.2 Å². The van der Waals surface area contributed by atoms with Crippen LogP contribution in [-0.2, 0) is 36.4 Å². The van der Waals surface area contributed by atoms with Gasteiger partial charge in [0.15, 0.2) is 0 Å². The van der Waals surface area contributed by atoms with Gasteiger partial charge in [0, 0.05) is 34.7 Å². The third-order valence-corrected chi connectivity index (χ3v) is 27.4. The van der Waals surface area contributed by atoms with Crippen LogP contribution in [0.4, 0.5) is 0 Å². The standard InChI is InChI=1S/3C42H26NO.Ir/c3*1-3-12-30(13-4-1)42(31-14-5-2-6-15-31)37-20-9-7-16-32(37)36-26-28(22-23-38(36)42)29-24-25-43-39(27-29)35-19-11-18-34-33-17-8-10-21-40(33)44-41(34)35;/h3*1-18,20-27H;/q3*-1;+3. The largest absolute Gasteiger partial charge is 3.00 e. The average Bonchev–Trinajstić information content (AvgIpc) is 1.55. The molecule has 18 aromatic carbocycles. The van der Waals surface area contributed by atoms with E-state index in [0.717, 1.165) is 133 Å². The molecule has 0 atom stereocenters. The van der Waals surface area contributed by atoms with Gasteiger partial charge >= 0.3 is 20.1 Å². The summed E-state index contributed by atoms with van der Waals surface area (Å²) >= 11 is 0. The van der Waals surface area contributed by atoms with Crippen LogP contribution in [0.3, 0.4) is 0 Å². The average molecular weight is 1870 g/mol. The number of benzene rings is 18. The third-order valence-electron chi connectivity index (χ3n) is 27.4. The number of hydrogen-bond acceptors (Lipinski definition) is 6. The van der Waals surface area contributed by atoms with E-state index in [9.17, 15) is 0 Å². The maximum Gasteiger partial charge on any atom is 3.00 e. The van der Waals surface area contributed by atoms with Crippen molar-refractivity contribution in [2.45, 2.75) is 16.2 Å². The van der Waals surface area contributed by atoms with Crippen molar-refractivity contribution in [3.8, 4) is 101 Å². The first kappa shape index (κ1) is 79.8. The molecule has 624 valence electrons. The molecule has 0 bridgehead atoms. The van der Waals surface area contributed by atoms with E-state index < -0.39 is 16.2 Å². The molecular weight excluding hydrogens is 1800 g/mol. The molecule has 7 heteroatoms. The summed E-state index contributed by atoms with van der Waals surface area (Å²) in [6.07, 6.45) is 5.66. The molecule has 0 radical (unpaired) electrons. The number of hydrogen-bond donors (Lipinski definition) is 0. The fourth-order valence-corrected chi connectivity index (χ4v) is 21.8. The fraction of sp³-hybridized carbons (Fsp3) is 0.0238. The van der Waals surface area contributed by atoms with E-state index in [1.54, 1.807) is 0 Å². The molecule has 3 aliphatic carbocycles. The maximum atomic E-state index is 6.32. The summed E-state index contributed by atoms with van der Waals surface area (Å²) < 4.78 is 19.0. The molecule has 0 saturated heterocycles. The van der Waals surface area contributed by atoms with Crippen molar-refractivity contribution in [2.75, 3.05) is 0 Å². The number of aromatic nitrogens is 3. The van der Waals surface area contributed by atoms with E-state index in [4.69, 9.17) is 28.2 Å². The van der Waals surface area contributed by atoms with Crippen molar-refractivity contribution in [3.63, 3.8) is 0 Å². The summed E-state index contributed by atoms with van der Waals surface area (Å²) in [5.41, 5.74) is 38.8. The number of para-hydroxylation sites is 3. The normalized spacial score (nSPS) is 13.1. The van der Waals surface area contributed by atoms with Gasteiger partial charge in [-0.2, -0.15) is 0 Å². The molecule has 0 unspecified atom stereocenters. The molecule has 0 saturated carbocycles. The minimum absolute atomic E-state index is 0. The van der Waals surface area contributed by atoms with E-state index in [1.807, 2.05) is 91.4 Å². The maximum absolute atomic E-state index is 6.32. The Morgan fingerprint density at radius 3 is 0.684 bits per heavy atom. The van der Waals surface area contributed by atoms with E-state index >= 15 is 0 Å². The van der Waals surface area contributed by atoms with Crippen LogP contribution >= 0.6 is 0 Å². The minimum atomic E-state index is -0.401. The van der Waals surface area contributed by atoms with Crippen molar-refractivity contribution in [3.05, 3.63) is 559 Å². The Labute approximate surface area is 783 Å². The van der Waals surface area contributed by atoms with Gasteiger partial charge in [-0.3, -0.25) is 0 Å². The zero-order valence-electron chi connectivity index (χ0n) is 71.9. The molecule has 0 N–H and O–H groups in total. The Kier molecular flexibility index (Phi) is 19.7. The number of rotatable bonds is 12. The second-order valence-electron chi connectivity index (χ2n) is 34.2. The topological polar surface area (TPSA) is 78.1 Å². The van der Waals surface area contributed by atoms with Crippen LogP contribution in [0.5, 0.6) is 0 Å². The first-order valence-electron chi connectivity index (χ1n) is 44.9. The van der Waals surface area contributed by atoms with Crippen LogP contribution in [0.15, 0.2) is 487 Å². The second kappa shape index (κ2) is 32.9. The Bertz CT molecular complexity index is 7680. The Morgan fingerprint density at radius 1 is 0.188 bits per heavy atom. The van der Waals surface area contributed by atoms with E-state index in [-0.39, 0.29) is 20.1 Å². The summed E-state index contributed by atoms with van der Waals surface area (Å²) in [6, 6.07) is 172. The zero-order chi connectivity index (χ0) is 87.3. The molecule has 27 rings (SSSR count). The van der Waals surface area contributed by atoms with E-state index in [1.165, 1.54) is 100 Å². The summed E-state index contributed by atoms with van der Waals surface area (Å²) in [4.78, 5) is 14.3. The first-order chi connectivity index (χ1) is 65.5. The summed E-state index contributed by atoms with van der Waals surface area (Å²) in [5, 5.41) is 6.54. The van der Waals surface area contributed by atoms with Gasteiger partial charge in [0.05, 0.1) is 33.0 Å². The van der Waals surface area contributed by atoms with Crippen LogP contribution in [0.2, 0.25) is 0 Å². The minimum Gasteiger partial charge on any atom is -0.501 e. The fourth-order valence-electron chi connectivity index (χ4n) is 21.8. The van der Waals surface area contributed by atoms with Crippen LogP contribution in [0.25, 0.3) is 166 Å². The zero-order valence-corrected chi connectivity index (χ0v) is 74.3. The molecule has 0 amide bonds. The number of nitrogens with zero attached hydrogens (tertiary/aromatic N) is 3. The Balaban J connectivity index is 0.000000109. The summed E-state index contributed by atoms with van der Waals surface area (Å²) in [5.74, 6) is 0. The molecular formula is C126H78IrN3O3. The van der Waals surface area contributed by atoms with Gasteiger partial charge in [0.25, 0.3) is 0 Å². The van der Waals surface area contributed by atoms with Crippen LogP contribution < -0.4 is 0 Å². The van der Waals surface area contributed by atoms with Gasteiger partial charge in [0.2, 0.25) is 0 Å². The molecule has 6 heterocycles. The van der Waals surface area contributed by atoms with Gasteiger partial charge in [-0.25, -0.2) is 0 Å². The van der Waals surface area contributed by atoms with Gasteiger partial charge in [-0.05, 0) is 205 Å². The summed E-state index contributed by atoms with van der Waals surface area (Å²) in [7, 11) is 0. The summed E-state index contributed by atoms with van der Waals surface area (Å²) in [6.45, 7) is 0. The molecule has 133 heavy (non-hydrogen) atoms. The van der Waals surface area contributed by atoms with Crippen LogP contribution in [0.1, 0.15) is 66.8 Å². The molecule has 0 fully saturated rings. The molecule has 6 nitrogen and oxygen atoms in total. The third kappa shape index (κ3) is 12.8. The molecule has 0 aliphatic heterocycles. The monoisotopic (exact) mass is 1870 g/mol. The quantitative estimate of drug-likeness (QED) is 0.113. The van der Waals surface area contributed by atoms with Gasteiger partial charge < -0.3 is 28.2 Å². The predicted octanol–water partition coefficient (Wildman–Crippen LogP) is 31.4. The van der Waals surface area contributed by atoms with Gasteiger partial charge in [0.1, 0.15) is 16.7 Å². The van der Waals surface area contributed by atoms with Crippen molar-refractivity contribution in [1.82, 2.24) is 15.0 Å². The van der Waals surface area contributed by atoms with Gasteiger partial charge in [-0.1, -0.05) is 397 Å². The molecule has 24 aromatic rings. The van der Waals surface area contributed by atoms with E-state index in [2.05, 4.69) is 400 Å². The Morgan fingerprint density at radius 2 is 0.414 bits per heavy atom. The molecule has 3 aliphatic rings. The van der Waals surface area contributed by atoms with Gasteiger partial charge in [-0.15, -0.1) is 54.6 Å². The number of pyridine rings is 3. The smallest absolute Gasteiger partial charge is 0.501 e. The van der Waals surface area contributed by atoms with Crippen LogP contribution in [-0.4, -0.2) is 15.0 Å². The number of furan rings is 3.